The monoisotopic (exact) mass is 229 g/mol. The van der Waals surface area contributed by atoms with Crippen LogP contribution in [0.5, 0.6) is 0 Å². The molecule has 0 aliphatic heterocycles. The van der Waals surface area contributed by atoms with Crippen molar-refractivity contribution in [3.63, 3.8) is 0 Å². The summed E-state index contributed by atoms with van der Waals surface area (Å²) >= 11 is 0. The zero-order valence-corrected chi connectivity index (χ0v) is 11.7. The van der Waals surface area contributed by atoms with Crippen molar-refractivity contribution in [2.24, 2.45) is 0 Å². The number of likely N-dealkylation sites (N-methyl/N-ethyl adjacent to an activating group) is 1. The molecule has 2 atom stereocenters. The third-order valence-electron chi connectivity index (χ3n) is 3.07. The van der Waals surface area contributed by atoms with Crippen LogP contribution < -0.4 is 5.32 Å². The van der Waals surface area contributed by atoms with Crippen molar-refractivity contribution in [2.75, 3.05) is 13.2 Å². The van der Waals surface area contributed by atoms with E-state index in [1.54, 1.807) is 0 Å². The van der Waals surface area contributed by atoms with Gasteiger partial charge in [0, 0.05) is 12.6 Å². The molecule has 1 N–H and O–H groups in total. The summed E-state index contributed by atoms with van der Waals surface area (Å²) < 4.78 is 5.80. The highest BCUT2D eigenvalue weighted by molar-refractivity contribution is 4.75. The third kappa shape index (κ3) is 7.24. The summed E-state index contributed by atoms with van der Waals surface area (Å²) in [6.07, 6.45) is 8.13. The molecular weight excluding hydrogens is 198 g/mol. The SMILES string of the molecule is CCCCCCC(NCC)C(CC)OCC. The van der Waals surface area contributed by atoms with Gasteiger partial charge in [0.1, 0.15) is 0 Å². The summed E-state index contributed by atoms with van der Waals surface area (Å²) in [5, 5.41) is 3.57. The molecule has 98 valence electrons. The molecule has 0 aromatic carbocycles. The Bertz CT molecular complexity index is 139. The Morgan fingerprint density at radius 2 is 1.75 bits per heavy atom. The first-order valence-electron chi connectivity index (χ1n) is 7.14. The van der Waals surface area contributed by atoms with Crippen molar-refractivity contribution in [1.82, 2.24) is 5.32 Å². The number of hydrogen-bond donors (Lipinski definition) is 1. The highest BCUT2D eigenvalue weighted by Crippen LogP contribution is 2.13. The van der Waals surface area contributed by atoms with Crippen LogP contribution in [0.4, 0.5) is 0 Å². The summed E-state index contributed by atoms with van der Waals surface area (Å²) in [5.74, 6) is 0. The number of nitrogens with one attached hydrogen (secondary N) is 1. The van der Waals surface area contributed by atoms with Gasteiger partial charge in [0.15, 0.2) is 0 Å². The quantitative estimate of drug-likeness (QED) is 0.545. The van der Waals surface area contributed by atoms with E-state index in [-0.39, 0.29) is 0 Å². The maximum atomic E-state index is 5.80. The lowest BCUT2D eigenvalue weighted by molar-refractivity contribution is 0.0294. The molecule has 2 heteroatoms. The lowest BCUT2D eigenvalue weighted by Crippen LogP contribution is -2.41. The molecule has 0 bridgehead atoms. The van der Waals surface area contributed by atoms with E-state index in [1.165, 1.54) is 32.1 Å². The first-order valence-corrected chi connectivity index (χ1v) is 7.14. The van der Waals surface area contributed by atoms with Crippen LogP contribution in [0, 0.1) is 0 Å². The third-order valence-corrected chi connectivity index (χ3v) is 3.07. The summed E-state index contributed by atoms with van der Waals surface area (Å²) in [6.45, 7) is 10.6. The molecule has 0 aromatic rings. The van der Waals surface area contributed by atoms with Crippen LogP contribution in [-0.4, -0.2) is 25.3 Å². The highest BCUT2D eigenvalue weighted by Gasteiger charge is 2.18. The summed E-state index contributed by atoms with van der Waals surface area (Å²) in [7, 11) is 0. The fraction of sp³-hybridized carbons (Fsp3) is 1.00. The summed E-state index contributed by atoms with van der Waals surface area (Å²) in [4.78, 5) is 0. The summed E-state index contributed by atoms with van der Waals surface area (Å²) in [5.41, 5.74) is 0. The first kappa shape index (κ1) is 15.9. The minimum Gasteiger partial charge on any atom is -0.377 e. The molecule has 0 rings (SSSR count). The fourth-order valence-corrected chi connectivity index (χ4v) is 2.21. The first-order chi connectivity index (χ1) is 7.79. The average Bonchev–Trinajstić information content (AvgIpc) is 2.30. The van der Waals surface area contributed by atoms with E-state index < -0.39 is 0 Å². The standard InChI is InChI=1S/C14H31NO/c1-5-9-10-11-12-13(15-7-3)14(6-2)16-8-4/h13-15H,5-12H2,1-4H3. The number of ether oxygens (including phenoxy) is 1. The van der Waals surface area contributed by atoms with E-state index in [2.05, 4.69) is 33.0 Å². The molecule has 0 saturated carbocycles. The van der Waals surface area contributed by atoms with Crippen LogP contribution in [0.1, 0.15) is 66.2 Å². The van der Waals surface area contributed by atoms with Crippen LogP contribution in [0.15, 0.2) is 0 Å². The predicted molar refractivity (Wildman–Crippen MR) is 71.9 cm³/mol. The molecule has 0 aromatic heterocycles. The van der Waals surface area contributed by atoms with Crippen LogP contribution in [0.2, 0.25) is 0 Å². The van der Waals surface area contributed by atoms with E-state index in [4.69, 9.17) is 4.74 Å². The van der Waals surface area contributed by atoms with Gasteiger partial charge in [-0.05, 0) is 26.3 Å². The smallest absolute Gasteiger partial charge is 0.0725 e. The van der Waals surface area contributed by atoms with Gasteiger partial charge in [0.05, 0.1) is 6.10 Å². The number of rotatable bonds is 11. The second-order valence-corrected chi connectivity index (χ2v) is 4.42. The van der Waals surface area contributed by atoms with Crippen LogP contribution in [0.3, 0.4) is 0 Å². The van der Waals surface area contributed by atoms with Crippen LogP contribution >= 0.6 is 0 Å². The summed E-state index contributed by atoms with van der Waals surface area (Å²) in [6, 6.07) is 0.548. The van der Waals surface area contributed by atoms with Crippen molar-refractivity contribution in [3.8, 4) is 0 Å². The normalized spacial score (nSPS) is 15.0. The van der Waals surface area contributed by atoms with Gasteiger partial charge in [-0.3, -0.25) is 0 Å². The second-order valence-electron chi connectivity index (χ2n) is 4.42. The van der Waals surface area contributed by atoms with Crippen molar-refractivity contribution in [3.05, 3.63) is 0 Å². The van der Waals surface area contributed by atoms with Crippen LogP contribution in [0.25, 0.3) is 0 Å². The molecule has 0 spiro atoms. The van der Waals surface area contributed by atoms with E-state index in [0.717, 1.165) is 19.6 Å². The van der Waals surface area contributed by atoms with E-state index in [9.17, 15) is 0 Å². The van der Waals surface area contributed by atoms with Crippen LogP contribution in [-0.2, 0) is 4.74 Å². The van der Waals surface area contributed by atoms with Crippen molar-refractivity contribution < 1.29 is 4.74 Å². The lowest BCUT2D eigenvalue weighted by atomic mass is 10.0. The zero-order valence-electron chi connectivity index (χ0n) is 11.7. The second kappa shape index (κ2) is 11.4. The lowest BCUT2D eigenvalue weighted by Gasteiger charge is -2.27. The number of unbranched alkanes of at least 4 members (excludes halogenated alkanes) is 3. The molecule has 0 saturated heterocycles. The molecule has 0 fully saturated rings. The molecule has 0 aliphatic rings. The zero-order chi connectivity index (χ0) is 12.2. The topological polar surface area (TPSA) is 21.3 Å². The molecule has 16 heavy (non-hydrogen) atoms. The molecule has 0 heterocycles. The maximum absolute atomic E-state index is 5.80. The Morgan fingerprint density at radius 3 is 2.25 bits per heavy atom. The fourth-order valence-electron chi connectivity index (χ4n) is 2.21. The van der Waals surface area contributed by atoms with Gasteiger partial charge in [-0.15, -0.1) is 0 Å². The molecule has 0 radical (unpaired) electrons. The molecule has 0 aliphatic carbocycles. The van der Waals surface area contributed by atoms with Gasteiger partial charge in [-0.1, -0.05) is 46.5 Å². The van der Waals surface area contributed by atoms with Gasteiger partial charge in [-0.25, -0.2) is 0 Å². The Balaban J connectivity index is 3.91. The average molecular weight is 229 g/mol. The van der Waals surface area contributed by atoms with Crippen molar-refractivity contribution >= 4 is 0 Å². The van der Waals surface area contributed by atoms with Gasteiger partial charge >= 0.3 is 0 Å². The van der Waals surface area contributed by atoms with Gasteiger partial charge < -0.3 is 10.1 Å². The minimum absolute atomic E-state index is 0.395. The van der Waals surface area contributed by atoms with Gasteiger partial charge in [0.25, 0.3) is 0 Å². The van der Waals surface area contributed by atoms with E-state index in [1.807, 2.05) is 0 Å². The highest BCUT2D eigenvalue weighted by atomic mass is 16.5. The Morgan fingerprint density at radius 1 is 1.00 bits per heavy atom. The van der Waals surface area contributed by atoms with Gasteiger partial charge in [0.2, 0.25) is 0 Å². The Kier molecular flexibility index (Phi) is 11.3. The molecule has 2 unspecified atom stereocenters. The molecular formula is C14H31NO. The predicted octanol–water partition coefficient (Wildman–Crippen LogP) is 3.75. The molecule has 0 amide bonds. The molecule has 2 nitrogen and oxygen atoms in total. The number of hydrogen-bond acceptors (Lipinski definition) is 2. The Labute approximate surface area is 102 Å². The van der Waals surface area contributed by atoms with Gasteiger partial charge in [-0.2, -0.15) is 0 Å². The largest absolute Gasteiger partial charge is 0.377 e. The van der Waals surface area contributed by atoms with E-state index >= 15 is 0 Å². The van der Waals surface area contributed by atoms with Crippen molar-refractivity contribution in [2.45, 2.75) is 78.4 Å². The van der Waals surface area contributed by atoms with E-state index in [0.29, 0.717) is 12.1 Å². The van der Waals surface area contributed by atoms with Crippen molar-refractivity contribution in [1.29, 1.82) is 0 Å². The Hall–Kier alpha value is -0.0800. The maximum Gasteiger partial charge on any atom is 0.0725 e. The minimum atomic E-state index is 0.395.